The number of aromatic amines is 1. The van der Waals surface area contributed by atoms with Gasteiger partial charge >= 0.3 is 0 Å². The molecule has 0 radical (unpaired) electrons. The van der Waals surface area contributed by atoms with Gasteiger partial charge in [0, 0.05) is 0 Å². The molecule has 0 spiro atoms. The van der Waals surface area contributed by atoms with E-state index < -0.39 is 0 Å². The van der Waals surface area contributed by atoms with Gasteiger partial charge in [-0.3, -0.25) is 4.98 Å². The molecule has 1 aromatic heterocycles. The molecule has 0 bridgehead atoms. The predicted molar refractivity (Wildman–Crippen MR) is 58.8 cm³/mol. The summed E-state index contributed by atoms with van der Waals surface area (Å²) in [5.74, 6) is 1.69. The molecule has 0 aliphatic heterocycles. The first kappa shape index (κ1) is 11.3. The van der Waals surface area contributed by atoms with Crippen LogP contribution in [0.4, 0.5) is 0 Å². The lowest BCUT2D eigenvalue weighted by Gasteiger charge is -2.11. The second-order valence-corrected chi connectivity index (χ2v) is 4.71. The highest BCUT2D eigenvalue weighted by Crippen LogP contribution is 2.14. The van der Waals surface area contributed by atoms with Crippen LogP contribution >= 0.6 is 0 Å². The average Bonchev–Trinajstić information content (AvgIpc) is 2.63. The van der Waals surface area contributed by atoms with Crippen LogP contribution in [0.1, 0.15) is 40.0 Å². The van der Waals surface area contributed by atoms with Crippen LogP contribution in [0.15, 0.2) is 18.7 Å². The molecule has 1 heterocycles. The molecular weight excluding hydrogens is 172 g/mol. The van der Waals surface area contributed by atoms with Gasteiger partial charge in [-0.1, -0.05) is 33.6 Å². The van der Waals surface area contributed by atoms with Crippen molar-refractivity contribution in [3.63, 3.8) is 0 Å². The van der Waals surface area contributed by atoms with Crippen molar-refractivity contribution in [3.8, 4) is 0 Å². The summed E-state index contributed by atoms with van der Waals surface area (Å²) in [6.07, 6.45) is 10.1. The molecule has 0 aromatic carbocycles. The smallest absolute Gasteiger partial charge is 0.241 e. The van der Waals surface area contributed by atoms with Gasteiger partial charge in [0.05, 0.1) is 6.54 Å². The van der Waals surface area contributed by atoms with E-state index in [1.165, 1.54) is 19.3 Å². The number of imidazole rings is 1. The lowest BCUT2D eigenvalue weighted by molar-refractivity contribution is -0.696. The molecule has 0 amide bonds. The first-order chi connectivity index (χ1) is 6.68. The summed E-state index contributed by atoms with van der Waals surface area (Å²) in [5.41, 5.74) is 0. The first-order valence-electron chi connectivity index (χ1n) is 5.70. The van der Waals surface area contributed by atoms with Gasteiger partial charge in [0.2, 0.25) is 6.33 Å². The minimum absolute atomic E-state index is 0.845. The highest BCUT2D eigenvalue weighted by atomic mass is 15.0. The van der Waals surface area contributed by atoms with Crippen LogP contribution in [0.25, 0.3) is 0 Å². The number of hydrogen-bond donors (Lipinski definition) is 1. The Bertz CT molecular complexity index is 226. The van der Waals surface area contributed by atoms with Crippen LogP contribution in [0, 0.1) is 11.8 Å². The van der Waals surface area contributed by atoms with E-state index in [1.54, 1.807) is 0 Å². The molecule has 1 unspecified atom stereocenters. The molecule has 0 saturated carbocycles. The summed E-state index contributed by atoms with van der Waals surface area (Å²) in [5, 5.41) is 0. The number of aryl methyl sites for hydroxylation is 1. The third-order valence-corrected chi connectivity index (χ3v) is 2.72. The quantitative estimate of drug-likeness (QED) is 0.673. The van der Waals surface area contributed by atoms with Gasteiger partial charge < -0.3 is 0 Å². The van der Waals surface area contributed by atoms with E-state index in [2.05, 4.69) is 36.5 Å². The minimum atomic E-state index is 0.845. The zero-order valence-corrected chi connectivity index (χ0v) is 9.66. The van der Waals surface area contributed by atoms with E-state index in [0.717, 1.165) is 18.4 Å². The van der Waals surface area contributed by atoms with Gasteiger partial charge in [-0.05, 0) is 18.3 Å². The van der Waals surface area contributed by atoms with Gasteiger partial charge in [-0.2, -0.15) is 0 Å². The molecule has 1 rings (SSSR count). The zero-order chi connectivity index (χ0) is 10.4. The Hall–Kier alpha value is -0.790. The van der Waals surface area contributed by atoms with Gasteiger partial charge in [-0.15, -0.1) is 0 Å². The van der Waals surface area contributed by atoms with Crippen LogP contribution in [0.2, 0.25) is 0 Å². The Labute approximate surface area is 87.4 Å². The largest absolute Gasteiger partial charge is 0.250 e. The van der Waals surface area contributed by atoms with E-state index in [9.17, 15) is 0 Å². The summed E-state index contributed by atoms with van der Waals surface area (Å²) < 4.78 is 2.21. The second kappa shape index (κ2) is 5.84. The van der Waals surface area contributed by atoms with Crippen molar-refractivity contribution in [2.75, 3.05) is 0 Å². The van der Waals surface area contributed by atoms with Gasteiger partial charge in [0.25, 0.3) is 0 Å². The number of nitrogens with one attached hydrogen (secondary N) is 1. The maximum absolute atomic E-state index is 3.07. The lowest BCUT2D eigenvalue weighted by Crippen LogP contribution is -2.31. The normalized spacial score (nSPS) is 13.4. The Morgan fingerprint density at radius 3 is 2.50 bits per heavy atom. The standard InChI is InChI=1S/C12H22N2/c1-11(2)4-5-12(3)6-8-14-9-7-13-10-14/h7,9-12H,4-6,8H2,1-3H3/p+1. The van der Waals surface area contributed by atoms with Crippen LogP contribution in [-0.2, 0) is 6.54 Å². The second-order valence-electron chi connectivity index (χ2n) is 4.71. The summed E-state index contributed by atoms with van der Waals surface area (Å²) in [4.78, 5) is 3.07. The molecule has 0 fully saturated rings. The van der Waals surface area contributed by atoms with E-state index >= 15 is 0 Å². The molecule has 0 saturated heterocycles. The summed E-state index contributed by atoms with van der Waals surface area (Å²) in [7, 11) is 0. The van der Waals surface area contributed by atoms with E-state index in [-0.39, 0.29) is 0 Å². The van der Waals surface area contributed by atoms with Crippen LogP contribution in [-0.4, -0.2) is 4.98 Å². The maximum Gasteiger partial charge on any atom is 0.241 e. The zero-order valence-electron chi connectivity index (χ0n) is 9.66. The number of nitrogens with zero attached hydrogens (tertiary/aromatic N) is 1. The lowest BCUT2D eigenvalue weighted by atomic mass is 9.97. The molecular formula is C12H23N2+. The maximum atomic E-state index is 3.07. The van der Waals surface area contributed by atoms with Crippen molar-refractivity contribution in [2.24, 2.45) is 11.8 Å². The summed E-state index contributed by atoms with van der Waals surface area (Å²) in [6, 6.07) is 0. The van der Waals surface area contributed by atoms with Gasteiger partial charge in [-0.25, -0.2) is 4.57 Å². The third kappa shape index (κ3) is 4.45. The SMILES string of the molecule is CC(C)CCC(C)CC[n+]1cc[nH]c1. The van der Waals surface area contributed by atoms with Crippen molar-refractivity contribution < 1.29 is 4.57 Å². The fourth-order valence-corrected chi connectivity index (χ4v) is 1.59. The Morgan fingerprint density at radius 2 is 1.93 bits per heavy atom. The topological polar surface area (TPSA) is 19.7 Å². The molecule has 0 aliphatic carbocycles. The third-order valence-electron chi connectivity index (χ3n) is 2.72. The Balaban J connectivity index is 2.12. The highest BCUT2D eigenvalue weighted by molar-refractivity contribution is 4.57. The number of H-pyrrole nitrogens is 1. The molecule has 2 nitrogen and oxygen atoms in total. The molecule has 1 N–H and O–H groups in total. The number of rotatable bonds is 6. The van der Waals surface area contributed by atoms with Crippen LogP contribution < -0.4 is 4.57 Å². The monoisotopic (exact) mass is 195 g/mol. The molecule has 0 aliphatic rings. The van der Waals surface area contributed by atoms with Crippen LogP contribution in [0.3, 0.4) is 0 Å². The van der Waals surface area contributed by atoms with Crippen molar-refractivity contribution >= 4 is 0 Å². The highest BCUT2D eigenvalue weighted by Gasteiger charge is 2.05. The predicted octanol–water partition coefficient (Wildman–Crippen LogP) is 2.76. The minimum Gasteiger partial charge on any atom is -0.250 e. The fraction of sp³-hybridized carbons (Fsp3) is 0.750. The summed E-state index contributed by atoms with van der Waals surface area (Å²) in [6.45, 7) is 8.10. The van der Waals surface area contributed by atoms with Crippen molar-refractivity contribution in [1.29, 1.82) is 0 Å². The van der Waals surface area contributed by atoms with Crippen molar-refractivity contribution in [2.45, 2.75) is 46.6 Å². The Kier molecular flexibility index (Phi) is 4.71. The number of aromatic nitrogens is 2. The Morgan fingerprint density at radius 1 is 1.14 bits per heavy atom. The summed E-state index contributed by atoms with van der Waals surface area (Å²) >= 11 is 0. The first-order valence-corrected chi connectivity index (χ1v) is 5.70. The van der Waals surface area contributed by atoms with E-state index in [0.29, 0.717) is 0 Å². The number of hydrogen-bond acceptors (Lipinski definition) is 0. The molecule has 2 heteroatoms. The van der Waals surface area contributed by atoms with Crippen molar-refractivity contribution in [3.05, 3.63) is 18.7 Å². The van der Waals surface area contributed by atoms with Crippen LogP contribution in [0.5, 0.6) is 0 Å². The average molecular weight is 195 g/mol. The van der Waals surface area contributed by atoms with E-state index in [4.69, 9.17) is 0 Å². The molecule has 1 aromatic rings. The molecule has 1 atom stereocenters. The van der Waals surface area contributed by atoms with Gasteiger partial charge in [0.15, 0.2) is 0 Å². The van der Waals surface area contributed by atoms with Crippen molar-refractivity contribution in [1.82, 2.24) is 4.98 Å². The van der Waals surface area contributed by atoms with E-state index in [1.807, 2.05) is 12.5 Å². The molecule has 14 heavy (non-hydrogen) atoms. The molecule has 80 valence electrons. The fourth-order valence-electron chi connectivity index (χ4n) is 1.59. The van der Waals surface area contributed by atoms with Gasteiger partial charge in [0.1, 0.15) is 12.4 Å².